The molecule has 1 heterocycles. The molecule has 1 aliphatic heterocycles. The maximum absolute atomic E-state index is 12.1. The predicted molar refractivity (Wildman–Crippen MR) is 80.5 cm³/mol. The number of anilines is 1. The first kappa shape index (κ1) is 14.6. The Hall–Kier alpha value is -1.76. The summed E-state index contributed by atoms with van der Waals surface area (Å²) < 4.78 is 0. The van der Waals surface area contributed by atoms with Gasteiger partial charge in [-0.1, -0.05) is 6.07 Å². The van der Waals surface area contributed by atoms with Crippen LogP contribution in [0.3, 0.4) is 0 Å². The SMILES string of the molecule is CNc1cccc(C(=O)NCC2CCCS2)c1[N+](=O)[O-]. The lowest BCUT2D eigenvalue weighted by atomic mass is 10.1. The summed E-state index contributed by atoms with van der Waals surface area (Å²) in [7, 11) is 1.60. The fourth-order valence-corrected chi connectivity index (χ4v) is 3.43. The number of carbonyl (C=O) groups excluding carboxylic acids is 1. The number of para-hydroxylation sites is 1. The summed E-state index contributed by atoms with van der Waals surface area (Å²) in [5.41, 5.74) is 0.273. The molecule has 0 radical (unpaired) electrons. The van der Waals surface area contributed by atoms with Gasteiger partial charge >= 0.3 is 5.69 Å². The van der Waals surface area contributed by atoms with Crippen LogP contribution in [0.5, 0.6) is 0 Å². The van der Waals surface area contributed by atoms with Crippen LogP contribution >= 0.6 is 11.8 Å². The van der Waals surface area contributed by atoms with Crippen LogP contribution in [0.1, 0.15) is 23.2 Å². The standard InChI is InChI=1S/C13H17N3O3S/c1-14-11-6-2-5-10(12(11)16(18)19)13(17)15-8-9-4-3-7-20-9/h2,5-6,9,14H,3-4,7-8H2,1H3,(H,15,17). The minimum Gasteiger partial charge on any atom is -0.383 e. The van der Waals surface area contributed by atoms with E-state index < -0.39 is 4.92 Å². The van der Waals surface area contributed by atoms with Gasteiger partial charge in [0.05, 0.1) is 4.92 Å². The fourth-order valence-electron chi connectivity index (χ4n) is 2.23. The second kappa shape index (κ2) is 6.60. The smallest absolute Gasteiger partial charge is 0.305 e. The molecule has 6 nitrogen and oxygen atoms in total. The first-order chi connectivity index (χ1) is 9.63. The molecule has 1 amide bonds. The van der Waals surface area contributed by atoms with Crippen LogP contribution in [0.4, 0.5) is 11.4 Å². The molecule has 1 aromatic rings. The molecule has 0 bridgehead atoms. The zero-order valence-corrected chi connectivity index (χ0v) is 12.0. The van der Waals surface area contributed by atoms with Crippen molar-refractivity contribution in [2.24, 2.45) is 0 Å². The monoisotopic (exact) mass is 295 g/mol. The number of carbonyl (C=O) groups is 1. The highest BCUT2D eigenvalue weighted by molar-refractivity contribution is 8.00. The van der Waals surface area contributed by atoms with Gasteiger partial charge in [0, 0.05) is 18.8 Å². The van der Waals surface area contributed by atoms with Crippen LogP contribution < -0.4 is 10.6 Å². The van der Waals surface area contributed by atoms with E-state index in [1.807, 2.05) is 11.8 Å². The highest BCUT2D eigenvalue weighted by atomic mass is 32.2. The summed E-state index contributed by atoms with van der Waals surface area (Å²) in [6, 6.07) is 4.70. The molecule has 2 N–H and O–H groups in total. The quantitative estimate of drug-likeness (QED) is 0.643. The van der Waals surface area contributed by atoms with Crippen LogP contribution in [0.25, 0.3) is 0 Å². The van der Waals surface area contributed by atoms with Crippen LogP contribution in [-0.4, -0.2) is 35.4 Å². The van der Waals surface area contributed by atoms with Gasteiger partial charge in [0.25, 0.3) is 5.91 Å². The van der Waals surface area contributed by atoms with Crippen LogP contribution in [0.2, 0.25) is 0 Å². The molecule has 0 saturated carbocycles. The maximum atomic E-state index is 12.1. The van der Waals surface area contributed by atoms with Gasteiger partial charge < -0.3 is 10.6 Å². The van der Waals surface area contributed by atoms with Gasteiger partial charge in [0.15, 0.2) is 0 Å². The number of nitro groups is 1. The summed E-state index contributed by atoms with van der Waals surface area (Å²) in [6.07, 6.45) is 2.25. The van der Waals surface area contributed by atoms with Crippen molar-refractivity contribution in [2.45, 2.75) is 18.1 Å². The molecule has 7 heteroatoms. The van der Waals surface area contributed by atoms with Crippen molar-refractivity contribution in [1.82, 2.24) is 5.32 Å². The van der Waals surface area contributed by atoms with Crippen LogP contribution in [-0.2, 0) is 0 Å². The zero-order valence-electron chi connectivity index (χ0n) is 11.2. The number of amides is 1. The Morgan fingerprint density at radius 1 is 1.55 bits per heavy atom. The number of thioether (sulfide) groups is 1. The highest BCUT2D eigenvalue weighted by Crippen LogP contribution is 2.29. The molecule has 0 spiro atoms. The van der Waals surface area contributed by atoms with Gasteiger partial charge in [0.1, 0.15) is 11.3 Å². The van der Waals surface area contributed by atoms with Crippen molar-refractivity contribution in [3.05, 3.63) is 33.9 Å². The Balaban J connectivity index is 2.14. The van der Waals surface area contributed by atoms with Gasteiger partial charge in [-0.2, -0.15) is 11.8 Å². The lowest BCUT2D eigenvalue weighted by Crippen LogP contribution is -2.30. The zero-order chi connectivity index (χ0) is 14.5. The average molecular weight is 295 g/mol. The third-order valence-corrected chi connectivity index (χ3v) is 4.64. The van der Waals surface area contributed by atoms with Crippen LogP contribution in [0.15, 0.2) is 18.2 Å². The summed E-state index contributed by atoms with van der Waals surface area (Å²) >= 11 is 1.84. The molecule has 108 valence electrons. The molecule has 1 unspecified atom stereocenters. The first-order valence-electron chi connectivity index (χ1n) is 6.48. The van der Waals surface area contributed by atoms with Crippen LogP contribution in [0, 0.1) is 10.1 Å². The molecule has 1 atom stereocenters. The highest BCUT2D eigenvalue weighted by Gasteiger charge is 2.24. The third kappa shape index (κ3) is 3.22. The molecule has 20 heavy (non-hydrogen) atoms. The van der Waals surface area contributed by atoms with E-state index in [0.29, 0.717) is 17.5 Å². The van der Waals surface area contributed by atoms with E-state index in [1.54, 1.807) is 19.2 Å². The maximum Gasteiger partial charge on any atom is 0.305 e. The largest absolute Gasteiger partial charge is 0.383 e. The van der Waals surface area contributed by atoms with Gasteiger partial charge in [-0.15, -0.1) is 0 Å². The second-order valence-corrected chi connectivity index (χ2v) is 5.96. The number of hydrogen-bond donors (Lipinski definition) is 2. The molecular formula is C13H17N3O3S. The fraction of sp³-hybridized carbons (Fsp3) is 0.462. The number of nitro benzene ring substituents is 1. The minimum absolute atomic E-state index is 0.102. The molecular weight excluding hydrogens is 278 g/mol. The minimum atomic E-state index is -0.523. The third-order valence-electron chi connectivity index (χ3n) is 3.25. The molecule has 0 aromatic heterocycles. The number of benzene rings is 1. The molecule has 2 rings (SSSR count). The summed E-state index contributed by atoms with van der Waals surface area (Å²) in [5.74, 6) is 0.733. The van der Waals surface area contributed by atoms with Crippen molar-refractivity contribution in [3.63, 3.8) is 0 Å². The number of rotatable bonds is 5. The van der Waals surface area contributed by atoms with E-state index in [9.17, 15) is 14.9 Å². The molecule has 1 aromatic carbocycles. The van der Waals surface area contributed by atoms with Crippen molar-refractivity contribution in [1.29, 1.82) is 0 Å². The topological polar surface area (TPSA) is 84.3 Å². The Morgan fingerprint density at radius 2 is 2.35 bits per heavy atom. The molecule has 1 saturated heterocycles. The normalized spacial score (nSPS) is 17.8. The lowest BCUT2D eigenvalue weighted by molar-refractivity contribution is -0.384. The summed E-state index contributed by atoms with van der Waals surface area (Å²) in [5, 5.41) is 17.1. The molecule has 1 fully saturated rings. The lowest BCUT2D eigenvalue weighted by Gasteiger charge is -2.11. The van der Waals surface area contributed by atoms with E-state index >= 15 is 0 Å². The van der Waals surface area contributed by atoms with E-state index in [1.165, 1.54) is 12.5 Å². The van der Waals surface area contributed by atoms with E-state index in [0.717, 1.165) is 12.2 Å². The molecule has 0 aliphatic carbocycles. The predicted octanol–water partition coefficient (Wildman–Crippen LogP) is 2.26. The van der Waals surface area contributed by atoms with E-state index in [4.69, 9.17) is 0 Å². The summed E-state index contributed by atoms with van der Waals surface area (Å²) in [6.45, 7) is 0.560. The Bertz CT molecular complexity index is 516. The van der Waals surface area contributed by atoms with E-state index in [2.05, 4.69) is 10.6 Å². The van der Waals surface area contributed by atoms with Crippen molar-refractivity contribution in [2.75, 3.05) is 24.7 Å². The number of nitrogens with zero attached hydrogens (tertiary/aromatic N) is 1. The Labute approximate surface area is 121 Å². The summed E-state index contributed by atoms with van der Waals surface area (Å²) in [4.78, 5) is 22.8. The van der Waals surface area contributed by atoms with Gasteiger partial charge in [-0.25, -0.2) is 0 Å². The van der Waals surface area contributed by atoms with Crippen molar-refractivity contribution >= 4 is 29.0 Å². The Morgan fingerprint density at radius 3 is 2.95 bits per heavy atom. The van der Waals surface area contributed by atoms with Crippen molar-refractivity contribution in [3.8, 4) is 0 Å². The second-order valence-electron chi connectivity index (χ2n) is 4.55. The number of nitrogens with one attached hydrogen (secondary N) is 2. The van der Waals surface area contributed by atoms with Gasteiger partial charge in [0.2, 0.25) is 0 Å². The van der Waals surface area contributed by atoms with Crippen molar-refractivity contribution < 1.29 is 9.72 Å². The van der Waals surface area contributed by atoms with Gasteiger partial charge in [-0.3, -0.25) is 14.9 Å². The first-order valence-corrected chi connectivity index (χ1v) is 7.53. The van der Waals surface area contributed by atoms with Gasteiger partial charge in [-0.05, 0) is 30.7 Å². The Kier molecular flexibility index (Phi) is 4.84. The van der Waals surface area contributed by atoms with E-state index in [-0.39, 0.29) is 17.2 Å². The number of hydrogen-bond acceptors (Lipinski definition) is 5. The average Bonchev–Trinajstić information content (AvgIpc) is 2.96. The molecule has 1 aliphatic rings.